The van der Waals surface area contributed by atoms with Crippen molar-refractivity contribution in [1.82, 2.24) is 10.6 Å². The maximum atomic E-state index is 12.2. The van der Waals surface area contributed by atoms with Gasteiger partial charge in [0, 0.05) is 6.92 Å². The molecule has 0 aromatic heterocycles. The van der Waals surface area contributed by atoms with E-state index in [4.69, 9.17) is 0 Å². The summed E-state index contributed by atoms with van der Waals surface area (Å²) in [5.41, 5.74) is 0.188. The molecule has 2 N–H and O–H groups in total. The molecule has 0 bridgehead atoms. The number of hydrogen-bond donors (Lipinski definition) is 2. The Morgan fingerprint density at radius 2 is 1.76 bits per heavy atom. The minimum atomic E-state index is -0.622. The molecule has 0 aromatic carbocycles. The third-order valence-electron chi connectivity index (χ3n) is 2.35. The van der Waals surface area contributed by atoms with Crippen LogP contribution in [0.1, 0.15) is 40.5 Å². The van der Waals surface area contributed by atoms with Gasteiger partial charge in [0.05, 0.1) is 7.11 Å². The lowest BCUT2D eigenvalue weighted by Gasteiger charge is -2.12. The molecule has 118 valence electrons. The number of rotatable bonds is 7. The number of ether oxygens (including phenoxy) is 1. The van der Waals surface area contributed by atoms with Crippen LogP contribution in [-0.2, 0) is 19.1 Å². The van der Waals surface area contributed by atoms with E-state index in [0.29, 0.717) is 6.42 Å². The number of nitrogens with one attached hydrogen (secondary N) is 2. The van der Waals surface area contributed by atoms with Gasteiger partial charge in [0.1, 0.15) is 11.4 Å². The van der Waals surface area contributed by atoms with E-state index in [9.17, 15) is 14.4 Å². The quantitative estimate of drug-likeness (QED) is 0.552. The Balaban J connectivity index is 5.16. The lowest BCUT2D eigenvalue weighted by Crippen LogP contribution is -2.36. The van der Waals surface area contributed by atoms with Crippen LogP contribution in [-0.4, -0.2) is 24.9 Å². The van der Waals surface area contributed by atoms with Gasteiger partial charge in [-0.25, -0.2) is 4.79 Å². The summed E-state index contributed by atoms with van der Waals surface area (Å²) in [7, 11) is 1.24. The number of amides is 2. The standard InChI is InChI=1S/C15H24N2O4/c1-6-7-8-12(15(20)21-5)17-14(19)13(9-10(2)3)16-11(4)18/h8-10H,6-7H2,1-5H3,(H,16,18)(H,17,19)/b12-8-,13-9-. The highest BCUT2D eigenvalue weighted by molar-refractivity contribution is 6.02. The third-order valence-corrected chi connectivity index (χ3v) is 2.35. The molecule has 6 heteroatoms. The van der Waals surface area contributed by atoms with Crippen molar-refractivity contribution < 1.29 is 19.1 Å². The highest BCUT2D eigenvalue weighted by atomic mass is 16.5. The van der Waals surface area contributed by atoms with Gasteiger partial charge in [-0.05, 0) is 12.3 Å². The lowest BCUT2D eigenvalue weighted by atomic mass is 10.1. The summed E-state index contributed by atoms with van der Waals surface area (Å²) in [5, 5.41) is 4.94. The normalized spacial score (nSPS) is 12.1. The summed E-state index contributed by atoms with van der Waals surface area (Å²) >= 11 is 0. The molecule has 0 spiro atoms. The molecule has 0 aliphatic carbocycles. The van der Waals surface area contributed by atoms with Gasteiger partial charge < -0.3 is 15.4 Å². The number of hydrogen-bond acceptors (Lipinski definition) is 4. The summed E-state index contributed by atoms with van der Waals surface area (Å²) in [4.78, 5) is 34.9. The molecule has 0 saturated heterocycles. The maximum Gasteiger partial charge on any atom is 0.354 e. The molecule has 0 aliphatic heterocycles. The van der Waals surface area contributed by atoms with Crippen molar-refractivity contribution in [2.45, 2.75) is 40.5 Å². The molecule has 0 fully saturated rings. The molecular formula is C15H24N2O4. The van der Waals surface area contributed by atoms with Crippen LogP contribution in [0.4, 0.5) is 0 Å². The van der Waals surface area contributed by atoms with Crippen LogP contribution in [0.15, 0.2) is 23.5 Å². The molecule has 0 aromatic rings. The highest BCUT2D eigenvalue weighted by Gasteiger charge is 2.17. The summed E-state index contributed by atoms with van der Waals surface area (Å²) in [6.07, 6.45) is 4.68. The van der Waals surface area contributed by atoms with Crippen LogP contribution in [0.2, 0.25) is 0 Å². The van der Waals surface area contributed by atoms with Crippen LogP contribution >= 0.6 is 0 Å². The minimum absolute atomic E-state index is 0.0683. The van der Waals surface area contributed by atoms with Crippen LogP contribution in [0.5, 0.6) is 0 Å². The van der Waals surface area contributed by atoms with E-state index in [2.05, 4.69) is 15.4 Å². The number of unbranched alkanes of at least 4 members (excludes halogenated alkanes) is 1. The second kappa shape index (κ2) is 9.74. The summed E-state index contributed by atoms with van der Waals surface area (Å²) in [6, 6.07) is 0. The van der Waals surface area contributed by atoms with Crippen molar-refractivity contribution >= 4 is 17.8 Å². The molecule has 6 nitrogen and oxygen atoms in total. The first-order chi connectivity index (χ1) is 9.81. The topological polar surface area (TPSA) is 84.5 Å². The van der Waals surface area contributed by atoms with Gasteiger partial charge in [-0.15, -0.1) is 0 Å². The van der Waals surface area contributed by atoms with E-state index < -0.39 is 11.9 Å². The van der Waals surface area contributed by atoms with Crippen LogP contribution in [0.25, 0.3) is 0 Å². The average Bonchev–Trinajstić information content (AvgIpc) is 2.40. The number of carbonyl (C=O) groups excluding carboxylic acids is 3. The molecule has 0 saturated carbocycles. The van der Waals surface area contributed by atoms with Gasteiger partial charge >= 0.3 is 5.97 Å². The molecule has 0 unspecified atom stereocenters. The Morgan fingerprint density at radius 3 is 2.19 bits per heavy atom. The summed E-state index contributed by atoms with van der Waals surface area (Å²) < 4.78 is 4.62. The van der Waals surface area contributed by atoms with Crippen molar-refractivity contribution in [2.75, 3.05) is 7.11 Å². The zero-order chi connectivity index (χ0) is 16.4. The van der Waals surface area contributed by atoms with Gasteiger partial charge in [-0.2, -0.15) is 0 Å². The molecule has 0 rings (SSSR count). The van der Waals surface area contributed by atoms with Crippen LogP contribution in [0, 0.1) is 5.92 Å². The first kappa shape index (κ1) is 18.9. The Kier molecular flexibility index (Phi) is 8.76. The fourth-order valence-corrected chi connectivity index (χ4v) is 1.47. The SMILES string of the molecule is CCC/C=C(\NC(=O)/C(=C/C(C)C)NC(C)=O)C(=O)OC. The van der Waals surface area contributed by atoms with Crippen molar-refractivity contribution in [3.63, 3.8) is 0 Å². The number of allylic oxidation sites excluding steroid dienone is 2. The molecule has 0 atom stereocenters. The monoisotopic (exact) mass is 296 g/mol. The predicted octanol–water partition coefficient (Wildman–Crippen LogP) is 1.64. The zero-order valence-corrected chi connectivity index (χ0v) is 13.3. The number of esters is 1. The molecule has 0 aliphatic rings. The van der Waals surface area contributed by atoms with Gasteiger partial charge in [0.15, 0.2) is 0 Å². The molecule has 0 heterocycles. The third kappa shape index (κ3) is 7.91. The Labute approximate surface area is 125 Å². The van der Waals surface area contributed by atoms with Gasteiger partial charge in [-0.1, -0.05) is 39.3 Å². The fraction of sp³-hybridized carbons (Fsp3) is 0.533. The van der Waals surface area contributed by atoms with Crippen LogP contribution in [0.3, 0.4) is 0 Å². The van der Waals surface area contributed by atoms with Crippen molar-refractivity contribution in [2.24, 2.45) is 5.92 Å². The van der Waals surface area contributed by atoms with Crippen molar-refractivity contribution in [3.8, 4) is 0 Å². The molecule has 0 radical (unpaired) electrons. The Hall–Kier alpha value is -2.11. The fourth-order valence-electron chi connectivity index (χ4n) is 1.47. The predicted molar refractivity (Wildman–Crippen MR) is 79.9 cm³/mol. The second-order valence-electron chi connectivity index (χ2n) is 4.86. The first-order valence-electron chi connectivity index (χ1n) is 6.91. The van der Waals surface area contributed by atoms with Gasteiger partial charge in [-0.3, -0.25) is 9.59 Å². The van der Waals surface area contributed by atoms with Gasteiger partial charge in [0.25, 0.3) is 5.91 Å². The first-order valence-corrected chi connectivity index (χ1v) is 6.91. The molecule has 2 amide bonds. The maximum absolute atomic E-state index is 12.2. The van der Waals surface area contributed by atoms with E-state index in [-0.39, 0.29) is 23.2 Å². The van der Waals surface area contributed by atoms with Crippen LogP contribution < -0.4 is 10.6 Å². The zero-order valence-electron chi connectivity index (χ0n) is 13.3. The Bertz CT molecular complexity index is 451. The summed E-state index contributed by atoms with van der Waals surface area (Å²) in [5.74, 6) is -1.46. The molecule has 21 heavy (non-hydrogen) atoms. The number of carbonyl (C=O) groups is 3. The van der Waals surface area contributed by atoms with Gasteiger partial charge in [0.2, 0.25) is 5.91 Å². The van der Waals surface area contributed by atoms with Crippen molar-refractivity contribution in [3.05, 3.63) is 23.5 Å². The number of methoxy groups -OCH3 is 1. The van der Waals surface area contributed by atoms with E-state index in [0.717, 1.165) is 6.42 Å². The summed E-state index contributed by atoms with van der Waals surface area (Å²) in [6.45, 7) is 7.02. The second-order valence-corrected chi connectivity index (χ2v) is 4.86. The largest absolute Gasteiger partial charge is 0.464 e. The lowest BCUT2D eigenvalue weighted by molar-refractivity contribution is -0.137. The molecular weight excluding hydrogens is 272 g/mol. The average molecular weight is 296 g/mol. The van der Waals surface area contributed by atoms with E-state index in [1.165, 1.54) is 14.0 Å². The Morgan fingerprint density at radius 1 is 1.14 bits per heavy atom. The van der Waals surface area contributed by atoms with E-state index in [1.807, 2.05) is 20.8 Å². The van der Waals surface area contributed by atoms with E-state index >= 15 is 0 Å². The van der Waals surface area contributed by atoms with E-state index in [1.54, 1.807) is 12.2 Å². The smallest absolute Gasteiger partial charge is 0.354 e. The van der Waals surface area contributed by atoms with Crippen molar-refractivity contribution in [1.29, 1.82) is 0 Å². The highest BCUT2D eigenvalue weighted by Crippen LogP contribution is 2.04. The minimum Gasteiger partial charge on any atom is -0.464 e.